The Morgan fingerprint density at radius 1 is 1.38 bits per heavy atom. The van der Waals surface area contributed by atoms with Crippen molar-refractivity contribution in [3.05, 3.63) is 21.9 Å². The highest BCUT2D eigenvalue weighted by molar-refractivity contribution is 7.12. The number of hydrogen-bond donors (Lipinski definition) is 1. The molecule has 0 spiro atoms. The van der Waals surface area contributed by atoms with E-state index < -0.39 is 0 Å². The molecule has 0 amide bonds. The third kappa shape index (κ3) is 3.42. The van der Waals surface area contributed by atoms with E-state index in [-0.39, 0.29) is 17.2 Å². The molecule has 1 rings (SSSR count). The van der Waals surface area contributed by atoms with Crippen molar-refractivity contribution in [2.24, 2.45) is 11.1 Å². The van der Waals surface area contributed by atoms with Crippen molar-refractivity contribution in [2.45, 2.75) is 46.6 Å². The molecule has 0 aliphatic carbocycles. The van der Waals surface area contributed by atoms with Gasteiger partial charge in [0.25, 0.3) is 0 Å². The van der Waals surface area contributed by atoms with Crippen LogP contribution in [0.4, 0.5) is 0 Å². The first-order valence-corrected chi connectivity index (χ1v) is 6.52. The Labute approximate surface area is 102 Å². The zero-order chi connectivity index (χ0) is 12.3. The zero-order valence-corrected chi connectivity index (χ0v) is 11.4. The Balaban J connectivity index is 2.64. The van der Waals surface area contributed by atoms with Gasteiger partial charge in [-0.25, -0.2) is 0 Å². The monoisotopic (exact) mass is 239 g/mol. The highest BCUT2D eigenvalue weighted by Gasteiger charge is 2.27. The number of hydrogen-bond acceptors (Lipinski definition) is 3. The van der Waals surface area contributed by atoms with Gasteiger partial charge in [0.1, 0.15) is 0 Å². The molecule has 2 N–H and O–H groups in total. The molecule has 2 nitrogen and oxygen atoms in total. The van der Waals surface area contributed by atoms with Gasteiger partial charge in [0.05, 0.1) is 6.04 Å². The molecule has 0 saturated heterocycles. The molecule has 0 bridgehead atoms. The van der Waals surface area contributed by atoms with Gasteiger partial charge in [-0.1, -0.05) is 27.7 Å². The lowest BCUT2D eigenvalue weighted by atomic mass is 9.84. The normalized spacial score (nSPS) is 13.8. The summed E-state index contributed by atoms with van der Waals surface area (Å²) in [6.07, 6.45) is 1.51. The predicted octanol–water partition coefficient (Wildman–Crippen LogP) is 2.80. The smallest absolute Gasteiger partial charge is 0.155 e. The van der Waals surface area contributed by atoms with Crippen LogP contribution in [0.1, 0.15) is 37.4 Å². The fourth-order valence-electron chi connectivity index (χ4n) is 1.47. The summed E-state index contributed by atoms with van der Waals surface area (Å²) in [6.45, 7) is 8.13. The highest BCUT2D eigenvalue weighted by Crippen LogP contribution is 2.22. The van der Waals surface area contributed by atoms with E-state index in [1.54, 1.807) is 11.3 Å². The molecule has 1 aromatic rings. The van der Waals surface area contributed by atoms with Crippen molar-refractivity contribution in [1.29, 1.82) is 0 Å². The molecule has 16 heavy (non-hydrogen) atoms. The van der Waals surface area contributed by atoms with Crippen LogP contribution < -0.4 is 5.73 Å². The largest absolute Gasteiger partial charge is 0.321 e. The number of aryl methyl sites for hydroxylation is 1. The minimum Gasteiger partial charge on any atom is -0.321 e. The van der Waals surface area contributed by atoms with Gasteiger partial charge in [-0.15, -0.1) is 11.3 Å². The van der Waals surface area contributed by atoms with Gasteiger partial charge in [-0.2, -0.15) is 0 Å². The first-order valence-electron chi connectivity index (χ1n) is 5.70. The number of Topliss-reactive ketones (excluding diaryl/α,β-unsaturated/α-hetero) is 1. The molecular weight excluding hydrogens is 218 g/mol. The quantitative estimate of drug-likeness (QED) is 0.878. The molecule has 1 aromatic heterocycles. The molecular formula is C13H21NOS. The lowest BCUT2D eigenvalue weighted by Gasteiger charge is -2.25. The maximum Gasteiger partial charge on any atom is 0.155 e. The van der Waals surface area contributed by atoms with Gasteiger partial charge in [-0.3, -0.25) is 4.79 Å². The first kappa shape index (κ1) is 13.4. The molecule has 3 heteroatoms. The lowest BCUT2D eigenvalue weighted by molar-refractivity contribution is -0.121. The highest BCUT2D eigenvalue weighted by atomic mass is 32.1. The summed E-state index contributed by atoms with van der Waals surface area (Å²) in [7, 11) is 0. The number of rotatable bonds is 4. The molecule has 90 valence electrons. The molecule has 0 aromatic carbocycles. The van der Waals surface area contributed by atoms with Gasteiger partial charge in [0.15, 0.2) is 5.78 Å². The number of thiophene rings is 1. The van der Waals surface area contributed by atoms with E-state index in [4.69, 9.17) is 5.73 Å². The van der Waals surface area contributed by atoms with Gasteiger partial charge < -0.3 is 5.73 Å². The van der Waals surface area contributed by atoms with E-state index in [1.807, 2.05) is 26.8 Å². The van der Waals surface area contributed by atoms with Crippen molar-refractivity contribution >= 4 is 17.1 Å². The van der Waals surface area contributed by atoms with Gasteiger partial charge >= 0.3 is 0 Å². The minimum absolute atomic E-state index is 0.136. The van der Waals surface area contributed by atoms with Crippen molar-refractivity contribution in [1.82, 2.24) is 0 Å². The predicted molar refractivity (Wildman–Crippen MR) is 69.8 cm³/mol. The van der Waals surface area contributed by atoms with Crippen LogP contribution in [-0.4, -0.2) is 11.8 Å². The van der Waals surface area contributed by atoms with Crippen molar-refractivity contribution in [2.75, 3.05) is 0 Å². The Bertz CT molecular complexity index is 362. The molecule has 0 aliphatic heterocycles. The molecule has 0 radical (unpaired) electrons. The number of nitrogens with two attached hydrogens (primary N) is 1. The van der Waals surface area contributed by atoms with Gasteiger partial charge in [0.2, 0.25) is 0 Å². The first-order chi connectivity index (χ1) is 7.34. The Kier molecular flexibility index (Phi) is 4.28. The molecule has 0 fully saturated rings. The van der Waals surface area contributed by atoms with Crippen LogP contribution in [0.2, 0.25) is 0 Å². The van der Waals surface area contributed by atoms with E-state index in [9.17, 15) is 4.79 Å². The maximum absolute atomic E-state index is 11.9. The van der Waals surface area contributed by atoms with Crippen LogP contribution in [0.5, 0.6) is 0 Å². The van der Waals surface area contributed by atoms with Gasteiger partial charge in [0, 0.05) is 16.2 Å². The second kappa shape index (κ2) is 5.11. The topological polar surface area (TPSA) is 43.1 Å². The number of carbonyl (C=O) groups is 1. The number of ketones is 1. The molecule has 0 aliphatic rings. The van der Waals surface area contributed by atoms with Crippen LogP contribution in [0.25, 0.3) is 0 Å². The average molecular weight is 239 g/mol. The summed E-state index contributed by atoms with van der Waals surface area (Å²) in [6, 6.07) is 3.76. The lowest BCUT2D eigenvalue weighted by Crippen LogP contribution is -2.42. The zero-order valence-electron chi connectivity index (χ0n) is 10.5. The second-order valence-electron chi connectivity index (χ2n) is 5.21. The SMILES string of the molecule is CCc1ccc(CC(=O)C(N)C(C)(C)C)s1. The minimum atomic E-state index is -0.375. The van der Waals surface area contributed by atoms with E-state index >= 15 is 0 Å². The van der Waals surface area contributed by atoms with E-state index in [2.05, 4.69) is 13.0 Å². The fourth-order valence-corrected chi connectivity index (χ4v) is 2.44. The molecule has 1 unspecified atom stereocenters. The molecule has 1 atom stereocenters. The maximum atomic E-state index is 11.9. The Hall–Kier alpha value is -0.670. The summed E-state index contributed by atoms with van der Waals surface area (Å²) in [4.78, 5) is 14.4. The average Bonchev–Trinajstić information content (AvgIpc) is 2.63. The van der Waals surface area contributed by atoms with E-state index in [0.717, 1.165) is 11.3 Å². The van der Waals surface area contributed by atoms with Crippen LogP contribution >= 0.6 is 11.3 Å². The Morgan fingerprint density at radius 3 is 2.38 bits per heavy atom. The van der Waals surface area contributed by atoms with E-state index in [0.29, 0.717) is 6.42 Å². The van der Waals surface area contributed by atoms with Crippen LogP contribution in [0.15, 0.2) is 12.1 Å². The molecule has 0 saturated carbocycles. The summed E-state index contributed by atoms with van der Waals surface area (Å²) >= 11 is 1.71. The van der Waals surface area contributed by atoms with Gasteiger partial charge in [-0.05, 0) is 24.0 Å². The molecule has 1 heterocycles. The number of carbonyl (C=O) groups excluding carboxylic acids is 1. The summed E-state index contributed by atoms with van der Waals surface area (Å²) < 4.78 is 0. The standard InChI is InChI=1S/C13H21NOS/c1-5-9-6-7-10(16-9)8-11(15)12(14)13(2,3)4/h6-7,12H,5,8,14H2,1-4H3. The Morgan fingerprint density at radius 2 is 1.94 bits per heavy atom. The van der Waals surface area contributed by atoms with Crippen molar-refractivity contribution in [3.63, 3.8) is 0 Å². The van der Waals surface area contributed by atoms with E-state index in [1.165, 1.54) is 4.88 Å². The summed E-state index contributed by atoms with van der Waals surface area (Å²) in [5, 5.41) is 0. The van der Waals surface area contributed by atoms with Crippen molar-refractivity contribution in [3.8, 4) is 0 Å². The fraction of sp³-hybridized carbons (Fsp3) is 0.615. The third-order valence-corrected chi connectivity index (χ3v) is 3.92. The van der Waals surface area contributed by atoms with Crippen LogP contribution in [0, 0.1) is 5.41 Å². The van der Waals surface area contributed by atoms with Crippen LogP contribution in [-0.2, 0) is 17.6 Å². The van der Waals surface area contributed by atoms with Crippen LogP contribution in [0.3, 0.4) is 0 Å². The summed E-state index contributed by atoms with van der Waals surface area (Å²) in [5.41, 5.74) is 5.79. The summed E-state index contributed by atoms with van der Waals surface area (Å²) in [5.74, 6) is 0.136. The third-order valence-electron chi connectivity index (χ3n) is 2.69. The second-order valence-corrected chi connectivity index (χ2v) is 6.46. The van der Waals surface area contributed by atoms with Crippen molar-refractivity contribution < 1.29 is 4.79 Å².